The molecule has 0 bridgehead atoms. The number of allylic oxidation sites excluding steroid dienone is 1. The first-order valence-corrected chi connectivity index (χ1v) is 9.02. The van der Waals surface area contributed by atoms with Crippen LogP contribution in [0.3, 0.4) is 0 Å². The van der Waals surface area contributed by atoms with E-state index in [1.54, 1.807) is 18.6 Å². The predicted molar refractivity (Wildman–Crippen MR) is 113 cm³/mol. The average molecular weight is 365 g/mol. The van der Waals surface area contributed by atoms with Crippen LogP contribution in [0.15, 0.2) is 47.4 Å². The lowest BCUT2D eigenvalue weighted by atomic mass is 10.0. The minimum Gasteiger partial charge on any atom is -0.403 e. The van der Waals surface area contributed by atoms with Gasteiger partial charge in [-0.3, -0.25) is 4.99 Å². The molecule has 2 aromatic rings. The molecule has 0 amide bonds. The van der Waals surface area contributed by atoms with Crippen molar-refractivity contribution in [2.24, 2.45) is 16.5 Å². The minimum absolute atomic E-state index is 0.527. The molecule has 1 aromatic carbocycles. The topological polar surface area (TPSA) is 121 Å². The lowest BCUT2D eigenvalue weighted by Crippen LogP contribution is -2.43. The molecule has 0 unspecified atom stereocenters. The zero-order valence-corrected chi connectivity index (χ0v) is 15.6. The summed E-state index contributed by atoms with van der Waals surface area (Å²) in [6.07, 6.45) is 6.99. The van der Waals surface area contributed by atoms with E-state index in [-0.39, 0.29) is 0 Å². The molecule has 1 aliphatic heterocycles. The molecular formula is C20H27N7. The van der Waals surface area contributed by atoms with Crippen LogP contribution in [0.5, 0.6) is 0 Å². The number of aliphatic imine (C=N–C) groups is 1. The second kappa shape index (κ2) is 8.46. The fourth-order valence-corrected chi connectivity index (χ4v) is 3.12. The molecule has 0 atom stereocenters. The summed E-state index contributed by atoms with van der Waals surface area (Å²) in [6.45, 7) is 5.70. The van der Waals surface area contributed by atoms with Crippen LogP contribution < -0.4 is 22.5 Å². The van der Waals surface area contributed by atoms with Gasteiger partial charge in [0.25, 0.3) is 0 Å². The molecule has 2 heterocycles. The quantitative estimate of drug-likeness (QED) is 0.517. The van der Waals surface area contributed by atoms with E-state index >= 15 is 0 Å². The zero-order chi connectivity index (χ0) is 19.2. The Balaban J connectivity index is 1.86. The van der Waals surface area contributed by atoms with E-state index in [4.69, 9.17) is 17.2 Å². The van der Waals surface area contributed by atoms with Crippen molar-refractivity contribution in [3.63, 3.8) is 0 Å². The molecule has 7 heteroatoms. The molecule has 3 rings (SSSR count). The van der Waals surface area contributed by atoms with E-state index < -0.39 is 0 Å². The Hall–Kier alpha value is -3.19. The Bertz CT molecular complexity index is 870. The van der Waals surface area contributed by atoms with Crippen LogP contribution in [0.4, 0.5) is 11.5 Å². The smallest absolute Gasteiger partial charge is 0.110 e. The molecule has 1 aliphatic rings. The summed E-state index contributed by atoms with van der Waals surface area (Å²) in [5.74, 6) is 0.527. The fraction of sp³-hybridized carbons (Fsp3) is 0.250. The average Bonchev–Trinajstić information content (AvgIpc) is 3.03. The molecule has 7 nitrogen and oxygen atoms in total. The van der Waals surface area contributed by atoms with Crippen molar-refractivity contribution in [3.05, 3.63) is 59.0 Å². The number of H-pyrrole nitrogens is 1. The summed E-state index contributed by atoms with van der Waals surface area (Å²) >= 11 is 0. The number of aromatic nitrogens is 1. The summed E-state index contributed by atoms with van der Waals surface area (Å²) in [5, 5.41) is 3.32. The standard InChI is InChI=1S/C20H27N7/c1-14-4-2-3-5-16(14)18(22)10-17-19(13-26-20(17)23)25-12-15(11-21)27-8-6-24-7-9-27/h2-5,10-13,24,26H,6-9,21-23H2,1H3/b15-11+,18-10-,25-12?. The predicted octanol–water partition coefficient (Wildman–Crippen LogP) is 1.77. The largest absolute Gasteiger partial charge is 0.403 e. The van der Waals surface area contributed by atoms with Gasteiger partial charge in [-0.2, -0.15) is 0 Å². The molecule has 0 spiro atoms. The highest BCUT2D eigenvalue weighted by molar-refractivity contribution is 5.90. The van der Waals surface area contributed by atoms with Crippen LogP contribution in [0.2, 0.25) is 0 Å². The first-order valence-electron chi connectivity index (χ1n) is 9.02. The van der Waals surface area contributed by atoms with Crippen LogP contribution in [-0.2, 0) is 0 Å². The van der Waals surface area contributed by atoms with Crippen molar-refractivity contribution in [2.75, 3.05) is 31.9 Å². The van der Waals surface area contributed by atoms with E-state index in [0.717, 1.165) is 54.3 Å². The Morgan fingerprint density at radius 1 is 1.22 bits per heavy atom. The number of hydrogen-bond donors (Lipinski definition) is 5. The van der Waals surface area contributed by atoms with Gasteiger partial charge in [0.2, 0.25) is 0 Å². The molecule has 1 fully saturated rings. The molecule has 8 N–H and O–H groups in total. The van der Waals surface area contributed by atoms with Crippen LogP contribution in [0.1, 0.15) is 16.7 Å². The van der Waals surface area contributed by atoms with E-state index in [9.17, 15) is 0 Å². The molecule has 142 valence electrons. The molecule has 0 radical (unpaired) electrons. The molecular weight excluding hydrogens is 338 g/mol. The lowest BCUT2D eigenvalue weighted by molar-refractivity contribution is 0.312. The maximum absolute atomic E-state index is 6.32. The van der Waals surface area contributed by atoms with Crippen LogP contribution in [0.25, 0.3) is 11.8 Å². The zero-order valence-electron chi connectivity index (χ0n) is 15.6. The van der Waals surface area contributed by atoms with Crippen molar-refractivity contribution in [1.29, 1.82) is 0 Å². The van der Waals surface area contributed by atoms with Crippen LogP contribution in [0, 0.1) is 6.92 Å². The van der Waals surface area contributed by atoms with Gasteiger partial charge in [0.1, 0.15) is 5.82 Å². The fourth-order valence-electron chi connectivity index (χ4n) is 3.12. The SMILES string of the molecule is Cc1ccccc1/C(N)=C/c1c(N=C/C(=C\N)N2CCNCC2)c[nH]c1N. The minimum atomic E-state index is 0.527. The van der Waals surface area contributed by atoms with Crippen molar-refractivity contribution >= 4 is 29.5 Å². The number of nitrogens with one attached hydrogen (secondary N) is 2. The number of piperazine rings is 1. The third kappa shape index (κ3) is 4.32. The third-order valence-electron chi connectivity index (χ3n) is 4.68. The summed E-state index contributed by atoms with van der Waals surface area (Å²) in [7, 11) is 0. The van der Waals surface area contributed by atoms with Gasteiger partial charge in [-0.25, -0.2) is 0 Å². The van der Waals surface area contributed by atoms with E-state index in [0.29, 0.717) is 11.5 Å². The lowest BCUT2D eigenvalue weighted by Gasteiger charge is -2.29. The normalized spacial score (nSPS) is 16.3. The summed E-state index contributed by atoms with van der Waals surface area (Å²) in [4.78, 5) is 9.82. The van der Waals surface area contributed by atoms with Crippen molar-refractivity contribution in [2.45, 2.75) is 6.92 Å². The Labute approximate surface area is 159 Å². The van der Waals surface area contributed by atoms with E-state index in [2.05, 4.69) is 20.2 Å². The maximum atomic E-state index is 6.32. The van der Waals surface area contributed by atoms with Crippen LogP contribution >= 0.6 is 0 Å². The number of hydrogen-bond acceptors (Lipinski definition) is 6. The monoisotopic (exact) mass is 365 g/mol. The van der Waals surface area contributed by atoms with Crippen molar-refractivity contribution < 1.29 is 0 Å². The van der Waals surface area contributed by atoms with Gasteiger partial charge in [-0.05, 0) is 18.6 Å². The number of nitrogen functional groups attached to an aromatic ring is 1. The number of aromatic amines is 1. The van der Waals surface area contributed by atoms with E-state index in [1.807, 2.05) is 37.3 Å². The maximum Gasteiger partial charge on any atom is 0.110 e. The number of aryl methyl sites for hydroxylation is 1. The first-order chi connectivity index (χ1) is 13.1. The van der Waals surface area contributed by atoms with Gasteiger partial charge in [0, 0.05) is 55.4 Å². The molecule has 1 saturated heterocycles. The Kier molecular flexibility index (Phi) is 5.83. The second-order valence-electron chi connectivity index (χ2n) is 6.50. The van der Waals surface area contributed by atoms with E-state index in [1.165, 1.54) is 0 Å². The summed E-state index contributed by atoms with van der Waals surface area (Å²) < 4.78 is 0. The summed E-state index contributed by atoms with van der Waals surface area (Å²) in [5.41, 5.74) is 23.3. The Morgan fingerprint density at radius 2 is 1.96 bits per heavy atom. The summed E-state index contributed by atoms with van der Waals surface area (Å²) in [6, 6.07) is 7.98. The number of nitrogens with zero attached hydrogens (tertiary/aromatic N) is 2. The number of anilines is 1. The Morgan fingerprint density at radius 3 is 2.67 bits per heavy atom. The van der Waals surface area contributed by atoms with Crippen molar-refractivity contribution in [1.82, 2.24) is 15.2 Å². The van der Waals surface area contributed by atoms with Gasteiger partial charge >= 0.3 is 0 Å². The highest BCUT2D eigenvalue weighted by Crippen LogP contribution is 2.29. The number of benzene rings is 1. The van der Waals surface area contributed by atoms with Gasteiger partial charge in [0.15, 0.2) is 0 Å². The first kappa shape index (κ1) is 18.6. The van der Waals surface area contributed by atoms with Gasteiger partial charge < -0.3 is 32.4 Å². The van der Waals surface area contributed by atoms with Crippen LogP contribution in [-0.4, -0.2) is 42.3 Å². The van der Waals surface area contributed by atoms with Gasteiger partial charge in [-0.15, -0.1) is 0 Å². The second-order valence-corrected chi connectivity index (χ2v) is 6.50. The van der Waals surface area contributed by atoms with Gasteiger partial charge in [0.05, 0.1) is 17.6 Å². The molecule has 27 heavy (non-hydrogen) atoms. The number of rotatable bonds is 5. The third-order valence-corrected chi connectivity index (χ3v) is 4.68. The number of nitrogens with two attached hydrogens (primary N) is 3. The highest BCUT2D eigenvalue weighted by Gasteiger charge is 2.12. The van der Waals surface area contributed by atoms with Gasteiger partial charge in [-0.1, -0.05) is 24.3 Å². The van der Waals surface area contributed by atoms with Crippen molar-refractivity contribution in [3.8, 4) is 0 Å². The molecule has 0 aliphatic carbocycles. The molecule has 0 saturated carbocycles. The molecule has 1 aromatic heterocycles. The highest BCUT2D eigenvalue weighted by atomic mass is 15.2.